The molecule has 3 N–H and O–H groups in total. The van der Waals surface area contributed by atoms with E-state index in [0.29, 0.717) is 5.75 Å². The van der Waals surface area contributed by atoms with Crippen molar-refractivity contribution in [3.63, 3.8) is 0 Å². The van der Waals surface area contributed by atoms with Gasteiger partial charge in [0, 0.05) is 11.8 Å². The van der Waals surface area contributed by atoms with Crippen LogP contribution in [0.25, 0.3) is 0 Å². The first-order chi connectivity index (χ1) is 13.7. The summed E-state index contributed by atoms with van der Waals surface area (Å²) in [6.45, 7) is 0. The zero-order chi connectivity index (χ0) is 19.8. The fourth-order valence-electron chi connectivity index (χ4n) is 3.22. The second-order valence-electron chi connectivity index (χ2n) is 6.33. The normalized spacial score (nSPS) is 12.0. The molecular weight excluding hydrogens is 364 g/mol. The van der Waals surface area contributed by atoms with Crippen LogP contribution in [0.1, 0.15) is 16.7 Å². The first-order valence-corrected chi connectivity index (χ1v) is 9.98. The Labute approximate surface area is 170 Å². The number of rotatable bonds is 7. The molecule has 4 heteroatoms. The molecule has 0 heterocycles. The SMILES string of the molecule is C#CNC(=O)[C@@H](N)CSC(c1ccccc1)(c1ccccc1)c1ccccc1. The molecule has 0 bridgehead atoms. The van der Waals surface area contributed by atoms with Crippen LogP contribution in [-0.4, -0.2) is 17.7 Å². The van der Waals surface area contributed by atoms with Crippen molar-refractivity contribution in [1.82, 2.24) is 5.32 Å². The summed E-state index contributed by atoms with van der Waals surface area (Å²) in [5, 5.41) is 2.35. The summed E-state index contributed by atoms with van der Waals surface area (Å²) in [6, 6.07) is 32.3. The third-order valence-corrected chi connectivity index (χ3v) is 6.22. The second kappa shape index (κ2) is 9.27. The second-order valence-corrected chi connectivity index (χ2v) is 7.56. The Kier molecular flexibility index (Phi) is 6.54. The Morgan fingerprint density at radius 2 is 1.29 bits per heavy atom. The lowest BCUT2D eigenvalue weighted by atomic mass is 9.84. The predicted molar refractivity (Wildman–Crippen MR) is 117 cm³/mol. The van der Waals surface area contributed by atoms with E-state index in [-0.39, 0.29) is 5.91 Å². The molecular formula is C24H22N2OS. The molecule has 1 atom stereocenters. The molecule has 0 saturated heterocycles. The lowest BCUT2D eigenvalue weighted by Crippen LogP contribution is -2.41. The molecule has 0 fully saturated rings. The maximum atomic E-state index is 12.1. The fraction of sp³-hybridized carbons (Fsp3) is 0.125. The van der Waals surface area contributed by atoms with Crippen LogP contribution in [-0.2, 0) is 9.54 Å². The van der Waals surface area contributed by atoms with Gasteiger partial charge >= 0.3 is 0 Å². The van der Waals surface area contributed by atoms with Crippen LogP contribution in [0.15, 0.2) is 91.0 Å². The summed E-state index contributed by atoms with van der Waals surface area (Å²) in [5.41, 5.74) is 9.50. The molecule has 0 unspecified atom stereocenters. The summed E-state index contributed by atoms with van der Waals surface area (Å²) in [7, 11) is 0. The molecule has 140 valence electrons. The average molecular weight is 387 g/mol. The first kappa shape index (κ1) is 19.8. The number of hydrogen-bond acceptors (Lipinski definition) is 3. The molecule has 0 aliphatic heterocycles. The molecule has 3 rings (SSSR count). The number of hydrogen-bond donors (Lipinski definition) is 2. The van der Waals surface area contributed by atoms with Crippen molar-refractivity contribution in [2.24, 2.45) is 5.73 Å². The van der Waals surface area contributed by atoms with Gasteiger partial charge in [-0.15, -0.1) is 11.8 Å². The highest BCUT2D eigenvalue weighted by atomic mass is 32.2. The molecule has 3 aromatic rings. The number of benzene rings is 3. The summed E-state index contributed by atoms with van der Waals surface area (Å²) in [5.74, 6) is 0.0599. The number of thioether (sulfide) groups is 1. The van der Waals surface area contributed by atoms with Crippen molar-refractivity contribution < 1.29 is 4.79 Å². The highest BCUT2D eigenvalue weighted by molar-refractivity contribution is 8.00. The van der Waals surface area contributed by atoms with Gasteiger partial charge in [-0.1, -0.05) is 97.4 Å². The zero-order valence-corrected chi connectivity index (χ0v) is 16.2. The lowest BCUT2D eigenvalue weighted by molar-refractivity contribution is -0.120. The number of amides is 1. The smallest absolute Gasteiger partial charge is 0.249 e. The molecule has 0 aliphatic carbocycles. The Balaban J connectivity index is 2.12. The van der Waals surface area contributed by atoms with Gasteiger partial charge in [0.05, 0.1) is 10.8 Å². The van der Waals surface area contributed by atoms with Gasteiger partial charge in [0.2, 0.25) is 5.91 Å². The van der Waals surface area contributed by atoms with E-state index < -0.39 is 10.8 Å². The lowest BCUT2D eigenvalue weighted by Gasteiger charge is -2.36. The Morgan fingerprint density at radius 1 is 0.893 bits per heavy atom. The topological polar surface area (TPSA) is 55.1 Å². The van der Waals surface area contributed by atoms with Crippen molar-refractivity contribution in [2.45, 2.75) is 10.8 Å². The number of carbonyl (C=O) groups excluding carboxylic acids is 1. The van der Waals surface area contributed by atoms with Gasteiger partial charge in [-0.2, -0.15) is 0 Å². The molecule has 3 aromatic carbocycles. The molecule has 1 amide bonds. The third-order valence-electron chi connectivity index (χ3n) is 4.55. The van der Waals surface area contributed by atoms with Crippen LogP contribution in [0.3, 0.4) is 0 Å². The summed E-state index contributed by atoms with van der Waals surface area (Å²) < 4.78 is -0.502. The fourth-order valence-corrected chi connectivity index (χ4v) is 4.71. The minimum absolute atomic E-state index is 0.349. The highest BCUT2D eigenvalue weighted by Gasteiger charge is 2.37. The van der Waals surface area contributed by atoms with E-state index in [1.54, 1.807) is 11.8 Å². The van der Waals surface area contributed by atoms with Crippen LogP contribution in [0.5, 0.6) is 0 Å². The van der Waals surface area contributed by atoms with Gasteiger partial charge < -0.3 is 5.73 Å². The minimum Gasteiger partial charge on any atom is -0.319 e. The summed E-state index contributed by atoms with van der Waals surface area (Å²) in [6.07, 6.45) is 5.18. The molecule has 3 nitrogen and oxygen atoms in total. The average Bonchev–Trinajstić information content (AvgIpc) is 2.76. The number of terminal acetylenes is 1. The Hall–Kier alpha value is -3.00. The van der Waals surface area contributed by atoms with Gasteiger partial charge in [0.1, 0.15) is 0 Å². The van der Waals surface area contributed by atoms with E-state index in [0.717, 1.165) is 16.7 Å². The van der Waals surface area contributed by atoms with Crippen molar-refractivity contribution in [3.05, 3.63) is 108 Å². The van der Waals surface area contributed by atoms with Crippen molar-refractivity contribution >= 4 is 17.7 Å². The highest BCUT2D eigenvalue weighted by Crippen LogP contribution is 2.48. The van der Waals surface area contributed by atoms with E-state index in [4.69, 9.17) is 12.2 Å². The summed E-state index contributed by atoms with van der Waals surface area (Å²) in [4.78, 5) is 12.1. The summed E-state index contributed by atoms with van der Waals surface area (Å²) >= 11 is 1.64. The van der Waals surface area contributed by atoms with Gasteiger partial charge in [-0.05, 0) is 16.7 Å². The van der Waals surface area contributed by atoms with E-state index in [2.05, 4.69) is 47.8 Å². The molecule has 0 radical (unpaired) electrons. The molecule has 0 aliphatic rings. The zero-order valence-electron chi connectivity index (χ0n) is 15.4. The number of carbonyl (C=O) groups is 1. The van der Waals surface area contributed by atoms with Crippen LogP contribution in [0.2, 0.25) is 0 Å². The largest absolute Gasteiger partial charge is 0.319 e. The van der Waals surface area contributed by atoms with Gasteiger partial charge in [-0.3, -0.25) is 10.1 Å². The Morgan fingerprint density at radius 3 is 1.64 bits per heavy atom. The molecule has 28 heavy (non-hydrogen) atoms. The maximum absolute atomic E-state index is 12.1. The third kappa shape index (κ3) is 4.12. The van der Waals surface area contributed by atoms with Crippen molar-refractivity contribution in [3.8, 4) is 12.5 Å². The van der Waals surface area contributed by atoms with Crippen LogP contribution >= 0.6 is 11.8 Å². The molecule has 0 aromatic heterocycles. The van der Waals surface area contributed by atoms with Gasteiger partial charge in [0.15, 0.2) is 0 Å². The Bertz CT molecular complexity index is 840. The van der Waals surface area contributed by atoms with Crippen molar-refractivity contribution in [1.29, 1.82) is 0 Å². The van der Waals surface area contributed by atoms with Crippen molar-refractivity contribution in [2.75, 3.05) is 5.75 Å². The van der Waals surface area contributed by atoms with E-state index in [9.17, 15) is 4.79 Å². The minimum atomic E-state index is -0.712. The van der Waals surface area contributed by atoms with E-state index in [1.165, 1.54) is 0 Å². The van der Waals surface area contributed by atoms with E-state index in [1.807, 2.05) is 54.6 Å². The predicted octanol–water partition coefficient (Wildman–Crippen LogP) is 3.75. The quantitative estimate of drug-likeness (QED) is 0.369. The van der Waals surface area contributed by atoms with Gasteiger partial charge in [0.25, 0.3) is 0 Å². The molecule has 0 saturated carbocycles. The van der Waals surface area contributed by atoms with Crippen LogP contribution in [0.4, 0.5) is 0 Å². The first-order valence-electron chi connectivity index (χ1n) is 9.00. The number of nitrogens with two attached hydrogens (primary N) is 1. The van der Waals surface area contributed by atoms with E-state index >= 15 is 0 Å². The van der Waals surface area contributed by atoms with Crippen LogP contribution < -0.4 is 11.1 Å². The standard InChI is InChI=1S/C24H22N2OS/c1-2-26-23(27)22(25)18-28-24(19-12-6-3-7-13-19,20-14-8-4-9-15-20)21-16-10-5-11-17-21/h1,3-17,22H,18,25H2,(H,26,27)/t22-/m0/s1. The van der Waals surface area contributed by atoms with Crippen LogP contribution in [0, 0.1) is 12.5 Å². The number of nitrogens with one attached hydrogen (secondary N) is 1. The molecule has 0 spiro atoms. The maximum Gasteiger partial charge on any atom is 0.249 e. The monoisotopic (exact) mass is 386 g/mol. The van der Waals surface area contributed by atoms with Gasteiger partial charge in [-0.25, -0.2) is 0 Å².